The van der Waals surface area contributed by atoms with E-state index in [1.54, 1.807) is 28.9 Å². The molecular weight excluding hydrogens is 565 g/mol. The maximum atomic E-state index is 13.1. The number of carbonyl (C=O) groups excluding carboxylic acids is 1. The van der Waals surface area contributed by atoms with E-state index >= 15 is 0 Å². The number of tetrazole rings is 1. The third kappa shape index (κ3) is 6.42. The van der Waals surface area contributed by atoms with Crippen molar-refractivity contribution in [2.24, 2.45) is 0 Å². The van der Waals surface area contributed by atoms with E-state index in [0.717, 1.165) is 69.4 Å². The first-order valence-electron chi connectivity index (χ1n) is 13.7. The van der Waals surface area contributed by atoms with Crippen LogP contribution in [0.5, 0.6) is 5.88 Å². The summed E-state index contributed by atoms with van der Waals surface area (Å²) in [6, 6.07) is 14.6. The lowest BCUT2D eigenvalue weighted by Crippen LogP contribution is -2.46. The summed E-state index contributed by atoms with van der Waals surface area (Å²) in [5.41, 5.74) is 5.95. The van der Waals surface area contributed by atoms with E-state index in [-0.39, 0.29) is 12.4 Å². The van der Waals surface area contributed by atoms with Gasteiger partial charge >= 0.3 is 6.09 Å². The van der Waals surface area contributed by atoms with Crippen molar-refractivity contribution in [2.45, 2.75) is 38.6 Å². The monoisotopic (exact) mass is 593 g/mol. The highest BCUT2D eigenvalue weighted by Crippen LogP contribution is 2.34. The molecule has 4 aromatic rings. The molecule has 11 nitrogen and oxygen atoms in total. The molecule has 2 aliphatic heterocycles. The Hall–Kier alpha value is -3.80. The van der Waals surface area contributed by atoms with Crippen LogP contribution in [-0.4, -0.2) is 67.5 Å². The lowest BCUT2D eigenvalue weighted by molar-refractivity contribution is 0.127. The predicted molar refractivity (Wildman–Crippen MR) is 156 cm³/mol. The van der Waals surface area contributed by atoms with Crippen molar-refractivity contribution >= 4 is 35.2 Å². The van der Waals surface area contributed by atoms with Crippen LogP contribution in [0.1, 0.15) is 37.8 Å². The minimum absolute atomic E-state index is 0.0741. The number of aromatic nitrogens is 6. The molecule has 0 aliphatic carbocycles. The molecule has 2 fully saturated rings. The van der Waals surface area contributed by atoms with E-state index in [0.29, 0.717) is 33.1 Å². The molecule has 41 heavy (non-hydrogen) atoms. The number of anilines is 1. The van der Waals surface area contributed by atoms with Gasteiger partial charge in [-0.25, -0.2) is 24.5 Å². The van der Waals surface area contributed by atoms with Crippen LogP contribution in [0, 0.1) is 0 Å². The average molecular weight is 595 g/mol. The summed E-state index contributed by atoms with van der Waals surface area (Å²) < 4.78 is 7.52. The summed E-state index contributed by atoms with van der Waals surface area (Å²) in [5, 5.41) is 15.5. The molecule has 2 aromatic heterocycles. The summed E-state index contributed by atoms with van der Waals surface area (Å²) in [6.07, 6.45) is 4.70. The van der Waals surface area contributed by atoms with Gasteiger partial charge in [-0.2, -0.15) is 0 Å². The van der Waals surface area contributed by atoms with Crippen molar-refractivity contribution in [3.63, 3.8) is 0 Å². The van der Waals surface area contributed by atoms with E-state index < -0.39 is 6.09 Å². The van der Waals surface area contributed by atoms with Crippen LogP contribution < -0.4 is 15.1 Å². The molecule has 6 rings (SSSR count). The van der Waals surface area contributed by atoms with Gasteiger partial charge in [0.05, 0.1) is 12.2 Å². The first-order chi connectivity index (χ1) is 20.0. The fourth-order valence-electron chi connectivity index (χ4n) is 5.09. The second-order valence-electron chi connectivity index (χ2n) is 10.1. The van der Waals surface area contributed by atoms with Crippen molar-refractivity contribution in [3.05, 3.63) is 64.3 Å². The Morgan fingerprint density at radius 2 is 1.39 bits per heavy atom. The molecule has 0 unspecified atom stereocenters. The fraction of sp³-hybridized carbons (Fsp3) is 0.357. The number of hydrazine groups is 1. The summed E-state index contributed by atoms with van der Waals surface area (Å²) in [5.74, 6) is 0.716. The van der Waals surface area contributed by atoms with Crippen LogP contribution >= 0.6 is 23.2 Å². The molecule has 2 saturated heterocycles. The Balaban J connectivity index is 1.43. The van der Waals surface area contributed by atoms with Crippen molar-refractivity contribution in [3.8, 4) is 28.4 Å². The van der Waals surface area contributed by atoms with E-state index in [9.17, 15) is 4.79 Å². The SMILES string of the molecule is O=C(NN1CCCCC1)Oc1nc(-c2ccc(Cl)cc2)c(-c2ccc(Cl)cc2)nc1Cn1nnnc1N1CCCC1. The number of piperidine rings is 1. The molecule has 4 heterocycles. The number of hydrogen-bond acceptors (Lipinski definition) is 9. The fourth-order valence-corrected chi connectivity index (χ4v) is 5.34. The maximum Gasteiger partial charge on any atom is 0.428 e. The Labute approximate surface area is 247 Å². The molecule has 0 bridgehead atoms. The highest BCUT2D eigenvalue weighted by Gasteiger charge is 2.25. The van der Waals surface area contributed by atoms with Crippen LogP contribution in [-0.2, 0) is 6.54 Å². The number of ether oxygens (including phenoxy) is 1. The zero-order valence-corrected chi connectivity index (χ0v) is 23.9. The van der Waals surface area contributed by atoms with Crippen LogP contribution in [0.15, 0.2) is 48.5 Å². The lowest BCUT2D eigenvalue weighted by atomic mass is 10.0. The molecule has 13 heteroatoms. The summed E-state index contributed by atoms with van der Waals surface area (Å²) in [7, 11) is 0. The smallest absolute Gasteiger partial charge is 0.388 e. The van der Waals surface area contributed by atoms with Crippen molar-refractivity contribution in [2.75, 3.05) is 31.1 Å². The zero-order chi connectivity index (χ0) is 28.2. The molecule has 2 aromatic carbocycles. The van der Waals surface area contributed by atoms with Crippen LogP contribution in [0.3, 0.4) is 0 Å². The largest absolute Gasteiger partial charge is 0.428 e. The number of hydrogen-bond donors (Lipinski definition) is 1. The Morgan fingerprint density at radius 3 is 2.02 bits per heavy atom. The highest BCUT2D eigenvalue weighted by atomic mass is 35.5. The number of rotatable bonds is 7. The van der Waals surface area contributed by atoms with Crippen molar-refractivity contribution in [1.82, 2.24) is 40.6 Å². The summed E-state index contributed by atoms with van der Waals surface area (Å²) >= 11 is 12.4. The summed E-state index contributed by atoms with van der Waals surface area (Å²) in [6.45, 7) is 3.43. The minimum Gasteiger partial charge on any atom is -0.388 e. The van der Waals surface area contributed by atoms with E-state index in [2.05, 4.69) is 25.9 Å². The van der Waals surface area contributed by atoms with Gasteiger partial charge in [-0.1, -0.05) is 59.0 Å². The number of halogens is 2. The maximum absolute atomic E-state index is 13.1. The van der Waals surface area contributed by atoms with Gasteiger partial charge in [-0.3, -0.25) is 5.43 Å². The molecule has 212 valence electrons. The van der Waals surface area contributed by atoms with E-state index in [1.165, 1.54) is 0 Å². The van der Waals surface area contributed by atoms with E-state index in [4.69, 9.17) is 37.9 Å². The van der Waals surface area contributed by atoms with Gasteiger partial charge in [-0.15, -0.1) is 0 Å². The number of benzene rings is 2. The van der Waals surface area contributed by atoms with Crippen LogP contribution in [0.25, 0.3) is 22.5 Å². The van der Waals surface area contributed by atoms with Gasteiger partial charge in [0.2, 0.25) is 11.8 Å². The molecule has 0 radical (unpaired) electrons. The van der Waals surface area contributed by atoms with Crippen molar-refractivity contribution < 1.29 is 9.53 Å². The first-order valence-corrected chi connectivity index (χ1v) is 14.5. The van der Waals surface area contributed by atoms with Gasteiger partial charge in [0, 0.05) is 47.4 Å². The molecule has 1 amide bonds. The van der Waals surface area contributed by atoms with Gasteiger partial charge in [0.15, 0.2) is 0 Å². The Kier molecular flexibility index (Phi) is 8.26. The van der Waals surface area contributed by atoms with Gasteiger partial charge in [-0.05, 0) is 60.4 Å². The highest BCUT2D eigenvalue weighted by molar-refractivity contribution is 6.31. The topological polar surface area (TPSA) is 114 Å². The van der Waals surface area contributed by atoms with Crippen molar-refractivity contribution in [1.29, 1.82) is 0 Å². The normalized spacial score (nSPS) is 15.7. The number of nitrogens with zero attached hydrogens (tertiary/aromatic N) is 8. The summed E-state index contributed by atoms with van der Waals surface area (Å²) in [4.78, 5) is 25.1. The average Bonchev–Trinajstić information content (AvgIpc) is 3.68. The first kappa shape index (κ1) is 27.4. The van der Waals surface area contributed by atoms with Gasteiger partial charge < -0.3 is 9.64 Å². The Morgan fingerprint density at radius 1 is 0.805 bits per heavy atom. The molecule has 2 aliphatic rings. The van der Waals surface area contributed by atoms with Crippen LogP contribution in [0.4, 0.5) is 10.7 Å². The molecule has 1 N–H and O–H groups in total. The zero-order valence-electron chi connectivity index (χ0n) is 22.3. The van der Waals surface area contributed by atoms with Gasteiger partial charge in [0.1, 0.15) is 11.4 Å². The number of amides is 1. The molecular formula is C28H29Cl2N9O2. The number of nitrogens with one attached hydrogen (secondary N) is 1. The molecule has 0 spiro atoms. The Bertz CT molecular complexity index is 1500. The second-order valence-corrected chi connectivity index (χ2v) is 10.9. The number of carbonyl (C=O) groups is 1. The molecule has 0 atom stereocenters. The van der Waals surface area contributed by atoms with E-state index in [1.807, 2.05) is 29.3 Å². The molecule has 0 saturated carbocycles. The quantitative estimate of drug-likeness (QED) is 0.307. The second kappa shape index (κ2) is 12.4. The van der Waals surface area contributed by atoms with Gasteiger partial charge in [0.25, 0.3) is 0 Å². The standard InChI is InChI=1S/C28H29Cl2N9O2/c29-21-10-6-19(7-11-21)24-25(20-8-12-22(30)13-9-20)32-26(41-28(40)34-38-16-2-1-3-17-38)23(31-24)18-39-27(33-35-36-39)37-14-4-5-15-37/h6-13H,1-5,14-18H2,(H,34,40). The predicted octanol–water partition coefficient (Wildman–Crippen LogP) is 5.24. The lowest BCUT2D eigenvalue weighted by Gasteiger charge is -2.26. The minimum atomic E-state index is -0.625. The third-order valence-corrected chi connectivity index (χ3v) is 7.67. The van der Waals surface area contributed by atoms with Crippen LogP contribution in [0.2, 0.25) is 10.0 Å². The third-order valence-electron chi connectivity index (χ3n) is 7.16.